The van der Waals surface area contributed by atoms with E-state index in [2.05, 4.69) is 25.3 Å². The van der Waals surface area contributed by atoms with E-state index in [1.807, 2.05) is 54.6 Å². The zero-order valence-electron chi connectivity index (χ0n) is 24.5. The van der Waals surface area contributed by atoms with Gasteiger partial charge in [-0.1, -0.05) is 72.7 Å². The topological polar surface area (TPSA) is 150 Å². The van der Waals surface area contributed by atoms with Gasteiger partial charge in [-0.2, -0.15) is 4.72 Å². The highest BCUT2D eigenvalue weighted by atomic mass is 32.2. The lowest BCUT2D eigenvalue weighted by molar-refractivity contribution is -0.123. The van der Waals surface area contributed by atoms with E-state index < -0.39 is 22.0 Å². The van der Waals surface area contributed by atoms with E-state index in [9.17, 15) is 22.8 Å². The zero-order valence-corrected chi connectivity index (χ0v) is 26.2. The number of unbranched alkanes of at least 4 members (excludes halogenated alkanes) is 2. The highest BCUT2D eigenvalue weighted by Crippen LogP contribution is 2.31. The van der Waals surface area contributed by atoms with Gasteiger partial charge in [0, 0.05) is 36.5 Å². The number of aryl methyl sites for hydroxylation is 1. The average Bonchev–Trinajstić information content (AvgIpc) is 3.52. The number of nitrogens with one attached hydrogen (secondary N) is 4. The van der Waals surface area contributed by atoms with Gasteiger partial charge >= 0.3 is 0 Å². The molecular weight excluding hydrogens is 587 g/mol. The first-order valence-corrected chi connectivity index (χ1v) is 16.5. The van der Waals surface area contributed by atoms with Gasteiger partial charge in [0.2, 0.25) is 11.8 Å². The molecule has 1 atom stereocenters. The van der Waals surface area contributed by atoms with Crippen LogP contribution in [0.3, 0.4) is 0 Å². The minimum atomic E-state index is -4.11. The van der Waals surface area contributed by atoms with Gasteiger partial charge in [0.1, 0.15) is 11.8 Å². The Kier molecular flexibility index (Phi) is 10.8. The maximum Gasteiger partial charge on any atom is 0.252 e. The number of thiazole rings is 1. The molecule has 0 bridgehead atoms. The lowest BCUT2D eigenvalue weighted by atomic mass is 10.0. The number of ketones is 1. The summed E-state index contributed by atoms with van der Waals surface area (Å²) in [5.74, 6) is -0.697. The predicted octanol–water partition coefficient (Wildman–Crippen LogP) is 5.10. The number of hydrogen-bond donors (Lipinski definition) is 4. The fraction of sp³-hybridized carbons (Fsp3) is 0.355. The number of amides is 2. The molecule has 0 aliphatic rings. The minimum absolute atomic E-state index is 0.0584. The fourth-order valence-electron chi connectivity index (χ4n) is 4.96. The second kappa shape index (κ2) is 14.5. The van der Waals surface area contributed by atoms with Crippen LogP contribution < -0.4 is 15.4 Å². The Morgan fingerprint density at radius 2 is 1.70 bits per heavy atom. The SMILES string of the molecule is CC(=O)CCCCC[C@H](NS(=O)(=O)c1sc(NC(C)=O)nc1C)C(=O)NCCc1c(-c2ccccc2)[nH]c2ccccc12. The van der Waals surface area contributed by atoms with Crippen molar-refractivity contribution in [2.45, 2.75) is 69.5 Å². The molecule has 0 aliphatic carbocycles. The molecular formula is C31H37N5O5S2. The van der Waals surface area contributed by atoms with Crippen LogP contribution in [0.1, 0.15) is 57.2 Å². The van der Waals surface area contributed by atoms with Gasteiger partial charge in [-0.05, 0) is 50.3 Å². The van der Waals surface area contributed by atoms with Crippen molar-refractivity contribution in [2.24, 2.45) is 0 Å². The van der Waals surface area contributed by atoms with Gasteiger partial charge < -0.3 is 20.4 Å². The Bertz CT molecular complexity index is 1700. The monoisotopic (exact) mass is 623 g/mol. The van der Waals surface area contributed by atoms with Crippen molar-refractivity contribution in [1.29, 1.82) is 0 Å². The highest BCUT2D eigenvalue weighted by molar-refractivity contribution is 7.91. The summed E-state index contributed by atoms with van der Waals surface area (Å²) in [6.07, 6.45) is 3.17. The Morgan fingerprint density at radius 3 is 2.42 bits per heavy atom. The van der Waals surface area contributed by atoms with Crippen LogP contribution in [0.4, 0.5) is 5.13 Å². The first-order chi connectivity index (χ1) is 20.5. The van der Waals surface area contributed by atoms with Crippen LogP contribution in [-0.4, -0.2) is 48.6 Å². The number of carbonyl (C=O) groups is 3. The summed E-state index contributed by atoms with van der Waals surface area (Å²) < 4.78 is 29.3. The molecule has 0 spiro atoms. The molecule has 0 unspecified atom stereocenters. The van der Waals surface area contributed by atoms with E-state index in [1.54, 1.807) is 6.92 Å². The maximum atomic E-state index is 13.4. The molecule has 2 aromatic carbocycles. The average molecular weight is 624 g/mol. The summed E-state index contributed by atoms with van der Waals surface area (Å²) in [6.45, 7) is 4.69. The predicted molar refractivity (Wildman–Crippen MR) is 169 cm³/mol. The molecule has 10 nitrogen and oxygen atoms in total. The van der Waals surface area contributed by atoms with Crippen LogP contribution in [0.5, 0.6) is 0 Å². The molecule has 228 valence electrons. The third-order valence-electron chi connectivity index (χ3n) is 6.97. The van der Waals surface area contributed by atoms with Crippen molar-refractivity contribution >= 4 is 55.0 Å². The third kappa shape index (κ3) is 8.59. The molecule has 0 radical (unpaired) electrons. The quantitative estimate of drug-likeness (QED) is 0.135. The lowest BCUT2D eigenvalue weighted by Crippen LogP contribution is -2.47. The summed E-state index contributed by atoms with van der Waals surface area (Å²) in [4.78, 5) is 43.8. The van der Waals surface area contributed by atoms with Crippen LogP contribution in [0.25, 0.3) is 22.2 Å². The number of sulfonamides is 1. The van der Waals surface area contributed by atoms with Crippen LogP contribution in [-0.2, 0) is 30.8 Å². The number of H-pyrrole nitrogens is 1. The molecule has 0 saturated carbocycles. The number of carbonyl (C=O) groups excluding carboxylic acids is 3. The lowest BCUT2D eigenvalue weighted by Gasteiger charge is -2.18. The van der Waals surface area contributed by atoms with Crippen molar-refractivity contribution in [3.63, 3.8) is 0 Å². The fourth-order valence-corrected chi connectivity index (χ4v) is 7.67. The normalized spacial score (nSPS) is 12.3. The molecule has 4 N–H and O–H groups in total. The molecule has 43 heavy (non-hydrogen) atoms. The molecule has 2 amide bonds. The van der Waals surface area contributed by atoms with Crippen LogP contribution in [0.2, 0.25) is 0 Å². The van der Waals surface area contributed by atoms with Gasteiger partial charge in [-0.25, -0.2) is 13.4 Å². The molecule has 0 saturated heterocycles. The molecule has 12 heteroatoms. The van der Waals surface area contributed by atoms with E-state index in [-0.39, 0.29) is 33.1 Å². The molecule has 4 aromatic rings. The van der Waals surface area contributed by atoms with Gasteiger partial charge in [0.15, 0.2) is 9.34 Å². The van der Waals surface area contributed by atoms with E-state index in [0.29, 0.717) is 38.6 Å². The minimum Gasteiger partial charge on any atom is -0.354 e. The van der Waals surface area contributed by atoms with Gasteiger partial charge in [-0.3, -0.25) is 9.59 Å². The number of fused-ring (bicyclic) bond motifs is 1. The molecule has 4 rings (SSSR count). The summed E-state index contributed by atoms with van der Waals surface area (Å²) >= 11 is 0.834. The van der Waals surface area contributed by atoms with Crippen molar-refractivity contribution in [1.82, 2.24) is 20.0 Å². The first kappa shape index (κ1) is 32.1. The number of benzene rings is 2. The van der Waals surface area contributed by atoms with Crippen LogP contribution >= 0.6 is 11.3 Å². The number of aromatic amines is 1. The molecule has 2 aromatic heterocycles. The number of Topliss-reactive ketones (excluding diaryl/α,β-unsaturated/α-hetero) is 1. The number of nitrogens with zero attached hydrogens (tertiary/aromatic N) is 1. The van der Waals surface area contributed by atoms with Crippen molar-refractivity contribution in [2.75, 3.05) is 11.9 Å². The number of rotatable bonds is 15. The number of hydrogen-bond acceptors (Lipinski definition) is 7. The second-order valence-electron chi connectivity index (χ2n) is 10.5. The Labute approximate surface area is 255 Å². The Balaban J connectivity index is 1.49. The van der Waals surface area contributed by atoms with E-state index in [0.717, 1.165) is 39.1 Å². The molecule has 2 heterocycles. The van der Waals surface area contributed by atoms with E-state index in [4.69, 9.17) is 0 Å². The molecule has 0 aliphatic heterocycles. The smallest absolute Gasteiger partial charge is 0.252 e. The van der Waals surface area contributed by atoms with Gasteiger partial charge in [0.25, 0.3) is 10.0 Å². The summed E-state index contributed by atoms with van der Waals surface area (Å²) in [5.41, 5.74) is 4.31. The Hall–Kier alpha value is -3.87. The second-order valence-corrected chi connectivity index (χ2v) is 13.4. The standard InChI is InChI=1S/C31H37N5O5S2/c1-20(37)12-6-4-9-17-27(36-43(40,41)30-21(2)33-31(42-30)34-22(3)38)29(39)32-19-18-25-24-15-10-11-16-26(24)35-28(25)23-13-7-5-8-14-23/h5,7-8,10-11,13-16,27,35-36H,4,6,9,12,17-19H2,1-3H3,(H,32,39)(H,33,34,38)/t27-/m0/s1. The van der Waals surface area contributed by atoms with Crippen molar-refractivity contribution in [3.8, 4) is 11.3 Å². The van der Waals surface area contributed by atoms with Gasteiger partial charge in [-0.15, -0.1) is 0 Å². The van der Waals surface area contributed by atoms with Crippen LogP contribution in [0.15, 0.2) is 58.8 Å². The summed E-state index contributed by atoms with van der Waals surface area (Å²) in [7, 11) is -4.11. The van der Waals surface area contributed by atoms with Crippen molar-refractivity contribution < 1.29 is 22.8 Å². The van der Waals surface area contributed by atoms with Crippen molar-refractivity contribution in [3.05, 3.63) is 65.9 Å². The largest absolute Gasteiger partial charge is 0.354 e. The summed E-state index contributed by atoms with van der Waals surface area (Å²) in [6, 6.07) is 16.9. The van der Waals surface area contributed by atoms with E-state index in [1.165, 1.54) is 13.8 Å². The summed E-state index contributed by atoms with van der Waals surface area (Å²) in [5, 5.41) is 6.68. The first-order valence-electron chi connectivity index (χ1n) is 14.2. The number of aromatic nitrogens is 2. The molecule has 0 fully saturated rings. The van der Waals surface area contributed by atoms with Gasteiger partial charge in [0.05, 0.1) is 5.69 Å². The zero-order chi connectivity index (χ0) is 31.0. The Morgan fingerprint density at radius 1 is 0.977 bits per heavy atom. The maximum absolute atomic E-state index is 13.4. The van der Waals surface area contributed by atoms with Crippen LogP contribution in [0, 0.1) is 6.92 Å². The third-order valence-corrected chi connectivity index (χ3v) is 10.1. The number of para-hydroxylation sites is 1. The van der Waals surface area contributed by atoms with E-state index >= 15 is 0 Å². The highest BCUT2D eigenvalue weighted by Gasteiger charge is 2.29. The number of anilines is 1.